The van der Waals surface area contributed by atoms with Crippen molar-refractivity contribution in [2.75, 3.05) is 19.6 Å². The van der Waals surface area contributed by atoms with E-state index in [0.29, 0.717) is 0 Å². The maximum atomic E-state index is 4.30. The summed E-state index contributed by atoms with van der Waals surface area (Å²) in [5.41, 5.74) is 1.30. The molecule has 2 aliphatic rings. The first-order valence-corrected chi connectivity index (χ1v) is 7.32. The normalized spacial score (nSPS) is 24.8. The van der Waals surface area contributed by atoms with E-state index in [4.69, 9.17) is 0 Å². The van der Waals surface area contributed by atoms with Crippen molar-refractivity contribution in [3.05, 3.63) is 18.0 Å². The molecule has 18 heavy (non-hydrogen) atoms. The Morgan fingerprint density at radius 1 is 1.39 bits per heavy atom. The van der Waals surface area contributed by atoms with Crippen molar-refractivity contribution < 1.29 is 0 Å². The smallest absolute Gasteiger partial charge is 0.0521 e. The zero-order valence-electron chi connectivity index (χ0n) is 11.3. The summed E-state index contributed by atoms with van der Waals surface area (Å²) >= 11 is 0. The van der Waals surface area contributed by atoms with Crippen molar-refractivity contribution in [1.29, 1.82) is 0 Å². The van der Waals surface area contributed by atoms with Crippen LogP contribution in [0.1, 0.15) is 31.9 Å². The van der Waals surface area contributed by atoms with E-state index in [0.717, 1.165) is 31.6 Å². The van der Waals surface area contributed by atoms with Gasteiger partial charge in [-0.3, -0.25) is 4.68 Å². The third kappa shape index (κ3) is 2.75. The van der Waals surface area contributed by atoms with Crippen molar-refractivity contribution in [3.63, 3.8) is 0 Å². The summed E-state index contributed by atoms with van der Waals surface area (Å²) in [5.74, 6) is 0.851. The van der Waals surface area contributed by atoms with Crippen LogP contribution in [0.15, 0.2) is 12.3 Å². The van der Waals surface area contributed by atoms with Crippen LogP contribution in [0.5, 0.6) is 0 Å². The van der Waals surface area contributed by atoms with Crippen LogP contribution in [-0.4, -0.2) is 40.4 Å². The molecule has 2 fully saturated rings. The first kappa shape index (κ1) is 12.2. The molecule has 0 bridgehead atoms. The Hall–Kier alpha value is -0.870. The Morgan fingerprint density at radius 3 is 3.06 bits per heavy atom. The molecule has 1 unspecified atom stereocenters. The molecule has 0 aromatic carbocycles. The lowest BCUT2D eigenvalue weighted by molar-refractivity contribution is 0.311. The standard InChI is InChI=1S/C14H24N4/c1-2-18-14(5-7-16-18)10-15-9-12-6-8-17(11-12)13-3-4-13/h5,7,12-13,15H,2-4,6,8-11H2,1H3. The maximum absolute atomic E-state index is 4.30. The van der Waals surface area contributed by atoms with Crippen molar-refractivity contribution in [2.45, 2.75) is 45.3 Å². The highest BCUT2D eigenvalue weighted by Crippen LogP contribution is 2.31. The molecule has 0 radical (unpaired) electrons. The molecule has 4 heteroatoms. The van der Waals surface area contributed by atoms with Gasteiger partial charge in [0.15, 0.2) is 0 Å². The summed E-state index contributed by atoms with van der Waals surface area (Å²) in [6.07, 6.45) is 6.15. The molecule has 1 aliphatic carbocycles. The van der Waals surface area contributed by atoms with Crippen molar-refractivity contribution in [3.8, 4) is 0 Å². The van der Waals surface area contributed by atoms with Crippen molar-refractivity contribution >= 4 is 0 Å². The highest BCUT2D eigenvalue weighted by molar-refractivity contribution is 5.00. The summed E-state index contributed by atoms with van der Waals surface area (Å²) in [4.78, 5) is 2.68. The molecule has 1 saturated carbocycles. The van der Waals surface area contributed by atoms with Gasteiger partial charge in [-0.2, -0.15) is 5.10 Å². The fourth-order valence-corrected chi connectivity index (χ4v) is 3.00. The van der Waals surface area contributed by atoms with Gasteiger partial charge in [0.1, 0.15) is 0 Å². The lowest BCUT2D eigenvalue weighted by Gasteiger charge is -2.15. The second kappa shape index (κ2) is 5.41. The van der Waals surface area contributed by atoms with Crippen LogP contribution >= 0.6 is 0 Å². The number of aromatic nitrogens is 2. The third-order valence-electron chi connectivity index (χ3n) is 4.22. The Bertz CT molecular complexity index is 383. The Kier molecular flexibility index (Phi) is 3.66. The maximum Gasteiger partial charge on any atom is 0.0521 e. The van der Waals surface area contributed by atoms with E-state index in [1.165, 1.54) is 38.0 Å². The Morgan fingerprint density at radius 2 is 2.28 bits per heavy atom. The van der Waals surface area contributed by atoms with Gasteiger partial charge < -0.3 is 10.2 Å². The van der Waals surface area contributed by atoms with E-state index in [9.17, 15) is 0 Å². The van der Waals surface area contributed by atoms with Gasteiger partial charge in [-0.25, -0.2) is 0 Å². The van der Waals surface area contributed by atoms with Gasteiger partial charge in [0.2, 0.25) is 0 Å². The molecule has 4 nitrogen and oxygen atoms in total. The molecular weight excluding hydrogens is 224 g/mol. The molecule has 100 valence electrons. The van der Waals surface area contributed by atoms with Gasteiger partial charge in [-0.15, -0.1) is 0 Å². The van der Waals surface area contributed by atoms with Gasteiger partial charge >= 0.3 is 0 Å². The average molecular weight is 248 g/mol. The van der Waals surface area contributed by atoms with E-state index < -0.39 is 0 Å². The fourth-order valence-electron chi connectivity index (χ4n) is 3.00. The van der Waals surface area contributed by atoms with E-state index in [-0.39, 0.29) is 0 Å². The van der Waals surface area contributed by atoms with Gasteiger partial charge in [-0.1, -0.05) is 0 Å². The number of hydrogen-bond acceptors (Lipinski definition) is 3. The van der Waals surface area contributed by atoms with Gasteiger partial charge in [0.25, 0.3) is 0 Å². The SMILES string of the molecule is CCn1nccc1CNCC1CCN(C2CC2)C1. The predicted octanol–water partition coefficient (Wildman–Crippen LogP) is 1.48. The Balaban J connectivity index is 1.39. The minimum atomic E-state index is 0.851. The second-order valence-electron chi connectivity index (χ2n) is 5.65. The van der Waals surface area contributed by atoms with E-state index in [1.54, 1.807) is 0 Å². The van der Waals surface area contributed by atoms with Crippen LogP contribution in [-0.2, 0) is 13.1 Å². The topological polar surface area (TPSA) is 33.1 Å². The summed E-state index contributed by atoms with van der Waals surface area (Å²) in [6, 6.07) is 3.05. The molecule has 1 aliphatic heterocycles. The highest BCUT2D eigenvalue weighted by Gasteiger charge is 2.33. The first-order valence-electron chi connectivity index (χ1n) is 7.32. The largest absolute Gasteiger partial charge is 0.311 e. The molecular formula is C14H24N4. The van der Waals surface area contributed by atoms with E-state index >= 15 is 0 Å². The number of nitrogens with one attached hydrogen (secondary N) is 1. The minimum absolute atomic E-state index is 0.851. The molecule has 1 aromatic rings. The van der Waals surface area contributed by atoms with E-state index in [2.05, 4.69) is 33.0 Å². The second-order valence-corrected chi connectivity index (χ2v) is 5.65. The van der Waals surface area contributed by atoms with Crippen LogP contribution in [0.4, 0.5) is 0 Å². The van der Waals surface area contributed by atoms with Crippen molar-refractivity contribution in [1.82, 2.24) is 20.0 Å². The predicted molar refractivity (Wildman–Crippen MR) is 72.3 cm³/mol. The molecule has 3 rings (SSSR count). The molecule has 1 atom stereocenters. The molecule has 1 N–H and O–H groups in total. The van der Waals surface area contributed by atoms with Crippen LogP contribution < -0.4 is 5.32 Å². The number of likely N-dealkylation sites (tertiary alicyclic amines) is 1. The molecule has 0 amide bonds. The summed E-state index contributed by atoms with van der Waals surface area (Å²) in [5, 5.41) is 7.89. The number of rotatable bonds is 6. The average Bonchev–Trinajstić information content (AvgIpc) is 2.96. The lowest BCUT2D eigenvalue weighted by atomic mass is 10.1. The Labute approximate surface area is 109 Å². The molecule has 1 aromatic heterocycles. The number of nitrogens with zero attached hydrogens (tertiary/aromatic N) is 3. The van der Waals surface area contributed by atoms with Crippen LogP contribution in [0.25, 0.3) is 0 Å². The quantitative estimate of drug-likeness (QED) is 0.828. The van der Waals surface area contributed by atoms with Gasteiger partial charge in [0.05, 0.1) is 5.69 Å². The molecule has 1 saturated heterocycles. The fraction of sp³-hybridized carbons (Fsp3) is 0.786. The highest BCUT2D eigenvalue weighted by atomic mass is 15.3. The number of aryl methyl sites for hydroxylation is 1. The minimum Gasteiger partial charge on any atom is -0.311 e. The summed E-state index contributed by atoms with van der Waals surface area (Å²) in [6.45, 7) is 7.84. The monoisotopic (exact) mass is 248 g/mol. The van der Waals surface area contributed by atoms with Gasteiger partial charge in [-0.05, 0) is 51.3 Å². The third-order valence-corrected chi connectivity index (χ3v) is 4.22. The summed E-state index contributed by atoms with van der Waals surface area (Å²) in [7, 11) is 0. The zero-order valence-corrected chi connectivity index (χ0v) is 11.3. The first-order chi connectivity index (χ1) is 8.86. The van der Waals surface area contributed by atoms with Gasteiger partial charge in [0, 0.05) is 31.9 Å². The lowest BCUT2D eigenvalue weighted by Crippen LogP contribution is -2.28. The van der Waals surface area contributed by atoms with Crippen LogP contribution in [0, 0.1) is 5.92 Å². The zero-order chi connectivity index (χ0) is 12.4. The van der Waals surface area contributed by atoms with Crippen molar-refractivity contribution in [2.24, 2.45) is 5.92 Å². The van der Waals surface area contributed by atoms with Crippen LogP contribution in [0.3, 0.4) is 0 Å². The number of hydrogen-bond donors (Lipinski definition) is 1. The van der Waals surface area contributed by atoms with Crippen LogP contribution in [0.2, 0.25) is 0 Å². The molecule has 2 heterocycles. The summed E-state index contributed by atoms with van der Waals surface area (Å²) < 4.78 is 2.07. The van der Waals surface area contributed by atoms with E-state index in [1.807, 2.05) is 6.20 Å². The molecule has 0 spiro atoms.